The minimum absolute atomic E-state index is 0.191. The van der Waals surface area contributed by atoms with E-state index >= 15 is 0 Å². The van der Waals surface area contributed by atoms with Gasteiger partial charge in [-0.2, -0.15) is 0 Å². The summed E-state index contributed by atoms with van der Waals surface area (Å²) in [4.78, 5) is 24.0. The Morgan fingerprint density at radius 3 is 2.06 bits per heavy atom. The van der Waals surface area contributed by atoms with Crippen LogP contribution in [0.5, 0.6) is 0 Å². The molecule has 1 amide bonds. The van der Waals surface area contributed by atoms with Gasteiger partial charge in [0, 0.05) is 19.2 Å². The fraction of sp³-hybridized carbons (Fsp3) is 0.800. The molecule has 0 unspecified atom stereocenters. The fourth-order valence-corrected chi connectivity index (χ4v) is 1.95. The summed E-state index contributed by atoms with van der Waals surface area (Å²) in [6.07, 6.45) is 0.849. The molecule has 0 aromatic rings. The number of aliphatic carboxylic acids is 1. The quantitative estimate of drug-likeness (QED) is 0.737. The van der Waals surface area contributed by atoms with Gasteiger partial charge in [-0.1, -0.05) is 0 Å². The number of carboxylic acid groups (broad SMARTS) is 1. The van der Waals surface area contributed by atoms with Crippen molar-refractivity contribution >= 4 is 21.7 Å². The molecule has 0 heterocycles. The average Bonchev–Trinajstić information content (AvgIpc) is 2.14. The van der Waals surface area contributed by atoms with Gasteiger partial charge in [0.1, 0.15) is 15.4 Å². The van der Waals surface area contributed by atoms with E-state index in [9.17, 15) is 18.0 Å². The van der Waals surface area contributed by atoms with Crippen LogP contribution < -0.4 is 0 Å². The molecule has 7 heteroatoms. The molecular weight excluding hydrogens is 246 g/mol. The SMILES string of the molecule is CCN(C(=O)CCS(C)(=O)=O)C(C)(C)C(=O)O. The number of rotatable bonds is 6. The summed E-state index contributed by atoms with van der Waals surface area (Å²) in [6.45, 7) is 4.71. The number of nitrogens with zero attached hydrogens (tertiary/aromatic N) is 1. The van der Waals surface area contributed by atoms with E-state index in [1.54, 1.807) is 6.92 Å². The van der Waals surface area contributed by atoms with E-state index in [1.807, 2.05) is 0 Å². The van der Waals surface area contributed by atoms with Gasteiger partial charge in [0.2, 0.25) is 5.91 Å². The van der Waals surface area contributed by atoms with Crippen molar-refractivity contribution in [2.45, 2.75) is 32.7 Å². The first-order chi connectivity index (χ1) is 7.52. The van der Waals surface area contributed by atoms with Crippen LogP contribution in [0.3, 0.4) is 0 Å². The molecule has 100 valence electrons. The highest BCUT2D eigenvalue weighted by Crippen LogP contribution is 2.16. The van der Waals surface area contributed by atoms with E-state index in [0.717, 1.165) is 6.26 Å². The van der Waals surface area contributed by atoms with Gasteiger partial charge in [-0.3, -0.25) is 4.79 Å². The molecule has 6 nitrogen and oxygen atoms in total. The minimum atomic E-state index is -3.22. The molecule has 0 bridgehead atoms. The maximum absolute atomic E-state index is 11.8. The summed E-state index contributed by atoms with van der Waals surface area (Å²) in [6, 6.07) is 0. The standard InChI is InChI=1S/C10H19NO5S/c1-5-11(10(2,3)9(13)14)8(12)6-7-17(4,15)16/h5-7H2,1-4H3,(H,13,14). The second-order valence-electron chi connectivity index (χ2n) is 4.38. The van der Waals surface area contributed by atoms with E-state index in [1.165, 1.54) is 18.7 Å². The van der Waals surface area contributed by atoms with Crippen molar-refractivity contribution in [3.05, 3.63) is 0 Å². The van der Waals surface area contributed by atoms with Gasteiger partial charge in [-0.05, 0) is 20.8 Å². The number of carbonyl (C=O) groups excluding carboxylic acids is 1. The van der Waals surface area contributed by atoms with Gasteiger partial charge in [0.25, 0.3) is 0 Å². The molecular formula is C10H19NO5S. The molecule has 0 aliphatic rings. The van der Waals surface area contributed by atoms with Crippen molar-refractivity contribution in [3.8, 4) is 0 Å². The zero-order valence-corrected chi connectivity index (χ0v) is 11.4. The predicted molar refractivity (Wildman–Crippen MR) is 63.4 cm³/mol. The first-order valence-electron chi connectivity index (χ1n) is 5.24. The zero-order chi connectivity index (χ0) is 13.9. The van der Waals surface area contributed by atoms with Crippen molar-refractivity contribution < 1.29 is 23.1 Å². The molecule has 0 saturated carbocycles. The summed E-state index contributed by atoms with van der Waals surface area (Å²) in [5, 5.41) is 9.01. The van der Waals surface area contributed by atoms with Gasteiger partial charge in [0.15, 0.2) is 0 Å². The summed E-state index contributed by atoms with van der Waals surface area (Å²) >= 11 is 0. The Morgan fingerprint density at radius 1 is 1.29 bits per heavy atom. The van der Waals surface area contributed by atoms with Crippen LogP contribution in [0.2, 0.25) is 0 Å². The van der Waals surface area contributed by atoms with Crippen molar-refractivity contribution in [2.75, 3.05) is 18.6 Å². The van der Waals surface area contributed by atoms with E-state index < -0.39 is 27.3 Å². The lowest BCUT2D eigenvalue weighted by molar-refractivity contribution is -0.156. The van der Waals surface area contributed by atoms with E-state index in [4.69, 9.17) is 5.11 Å². The third-order valence-electron chi connectivity index (χ3n) is 2.50. The monoisotopic (exact) mass is 265 g/mol. The topological polar surface area (TPSA) is 91.8 Å². The van der Waals surface area contributed by atoms with Crippen LogP contribution >= 0.6 is 0 Å². The maximum Gasteiger partial charge on any atom is 0.329 e. The Kier molecular flexibility index (Phi) is 5.12. The molecule has 0 radical (unpaired) electrons. The third-order valence-corrected chi connectivity index (χ3v) is 3.45. The molecule has 17 heavy (non-hydrogen) atoms. The Hall–Kier alpha value is -1.11. The van der Waals surface area contributed by atoms with Crippen LogP contribution in [0.1, 0.15) is 27.2 Å². The smallest absolute Gasteiger partial charge is 0.329 e. The molecule has 0 rings (SSSR count). The number of sulfone groups is 1. The minimum Gasteiger partial charge on any atom is -0.480 e. The first kappa shape index (κ1) is 15.9. The number of amides is 1. The number of likely N-dealkylation sites (N-methyl/N-ethyl adjacent to an activating group) is 1. The molecule has 0 aliphatic carbocycles. The zero-order valence-electron chi connectivity index (χ0n) is 10.6. The van der Waals surface area contributed by atoms with E-state index in [0.29, 0.717) is 0 Å². The van der Waals surface area contributed by atoms with Gasteiger partial charge < -0.3 is 10.0 Å². The van der Waals surface area contributed by atoms with Gasteiger partial charge in [-0.25, -0.2) is 13.2 Å². The maximum atomic E-state index is 11.8. The normalized spacial score (nSPS) is 12.2. The number of carboxylic acids is 1. The first-order valence-corrected chi connectivity index (χ1v) is 7.30. The van der Waals surface area contributed by atoms with Crippen molar-refractivity contribution in [1.29, 1.82) is 0 Å². The van der Waals surface area contributed by atoms with E-state index in [-0.39, 0.29) is 18.7 Å². The van der Waals surface area contributed by atoms with Gasteiger partial charge >= 0.3 is 5.97 Å². The van der Waals surface area contributed by atoms with Crippen LogP contribution in [0.4, 0.5) is 0 Å². The number of hydrogen-bond acceptors (Lipinski definition) is 4. The number of hydrogen-bond donors (Lipinski definition) is 1. The molecule has 0 saturated heterocycles. The van der Waals surface area contributed by atoms with Crippen LogP contribution in [0.15, 0.2) is 0 Å². The second-order valence-corrected chi connectivity index (χ2v) is 6.64. The van der Waals surface area contributed by atoms with Crippen molar-refractivity contribution in [1.82, 2.24) is 4.90 Å². The number of carbonyl (C=O) groups is 2. The van der Waals surface area contributed by atoms with Gasteiger partial charge in [0.05, 0.1) is 5.75 Å². The average molecular weight is 265 g/mol. The summed E-state index contributed by atoms with van der Waals surface area (Å²) < 4.78 is 21.9. The Bertz CT molecular complexity index is 399. The van der Waals surface area contributed by atoms with Gasteiger partial charge in [-0.15, -0.1) is 0 Å². The Morgan fingerprint density at radius 2 is 1.76 bits per heavy atom. The molecule has 0 aromatic heterocycles. The molecule has 1 N–H and O–H groups in total. The summed E-state index contributed by atoms with van der Waals surface area (Å²) in [5.74, 6) is -1.85. The Labute approximate surface area is 102 Å². The lowest BCUT2D eigenvalue weighted by atomic mass is 10.0. The second kappa shape index (κ2) is 5.48. The van der Waals surface area contributed by atoms with Crippen LogP contribution in [-0.4, -0.2) is 54.4 Å². The fourth-order valence-electron chi connectivity index (χ4n) is 1.41. The van der Waals surface area contributed by atoms with E-state index in [2.05, 4.69) is 0 Å². The van der Waals surface area contributed by atoms with Crippen molar-refractivity contribution in [2.24, 2.45) is 0 Å². The molecule has 0 fully saturated rings. The lowest BCUT2D eigenvalue weighted by Crippen LogP contribution is -2.53. The lowest BCUT2D eigenvalue weighted by Gasteiger charge is -2.34. The molecule has 0 atom stereocenters. The third kappa shape index (κ3) is 4.72. The highest BCUT2D eigenvalue weighted by molar-refractivity contribution is 7.90. The molecule has 0 aromatic carbocycles. The highest BCUT2D eigenvalue weighted by atomic mass is 32.2. The van der Waals surface area contributed by atoms with Crippen molar-refractivity contribution in [3.63, 3.8) is 0 Å². The molecule has 0 spiro atoms. The molecule has 0 aliphatic heterocycles. The Balaban J connectivity index is 4.80. The van der Waals surface area contributed by atoms with Crippen LogP contribution in [0.25, 0.3) is 0 Å². The highest BCUT2D eigenvalue weighted by Gasteiger charge is 2.36. The summed E-state index contributed by atoms with van der Waals surface area (Å²) in [5.41, 5.74) is -1.33. The predicted octanol–water partition coefficient (Wildman–Crippen LogP) is 0.133. The summed E-state index contributed by atoms with van der Waals surface area (Å²) in [7, 11) is -3.22. The van der Waals surface area contributed by atoms with Crippen LogP contribution in [-0.2, 0) is 19.4 Å². The largest absolute Gasteiger partial charge is 0.480 e. The van der Waals surface area contributed by atoms with Crippen LogP contribution in [0, 0.1) is 0 Å².